The van der Waals surface area contributed by atoms with Crippen molar-refractivity contribution in [1.82, 2.24) is 4.90 Å². The van der Waals surface area contributed by atoms with E-state index in [0.29, 0.717) is 0 Å². The zero-order valence-electron chi connectivity index (χ0n) is 9.87. The van der Waals surface area contributed by atoms with Gasteiger partial charge in [-0.3, -0.25) is 4.90 Å². The van der Waals surface area contributed by atoms with Gasteiger partial charge >= 0.3 is 0 Å². The third-order valence-electron chi connectivity index (χ3n) is 2.42. The highest BCUT2D eigenvalue weighted by atomic mass is 32.1. The molecule has 0 saturated carbocycles. The zero-order valence-corrected chi connectivity index (χ0v) is 10.8. The van der Waals surface area contributed by atoms with Crippen LogP contribution >= 0.6 is 12.6 Å². The van der Waals surface area contributed by atoms with Crippen molar-refractivity contribution >= 4 is 12.6 Å². The van der Waals surface area contributed by atoms with Gasteiger partial charge in [0, 0.05) is 12.4 Å². The van der Waals surface area contributed by atoms with E-state index in [1.54, 1.807) is 7.11 Å². The van der Waals surface area contributed by atoms with E-state index in [1.807, 2.05) is 0 Å². The molecule has 0 aliphatic heterocycles. The number of nitrogens with zero attached hydrogens (tertiary/aromatic N) is 1. The van der Waals surface area contributed by atoms with Gasteiger partial charge in [0.25, 0.3) is 0 Å². The smallest absolute Gasteiger partial charge is 0.124 e. The summed E-state index contributed by atoms with van der Waals surface area (Å²) in [6.07, 6.45) is 0. The largest absolute Gasteiger partial charge is 0.496 e. The SMILES string of the molecule is COc1c(C)cc(CN(C)CS)cc1C. The van der Waals surface area contributed by atoms with Gasteiger partial charge in [-0.2, -0.15) is 12.6 Å². The van der Waals surface area contributed by atoms with Crippen LogP contribution in [-0.4, -0.2) is 24.9 Å². The third kappa shape index (κ3) is 3.14. The van der Waals surface area contributed by atoms with Crippen LogP contribution < -0.4 is 4.74 Å². The van der Waals surface area contributed by atoms with Gasteiger partial charge in [-0.25, -0.2) is 0 Å². The number of hydrogen-bond acceptors (Lipinski definition) is 3. The second kappa shape index (κ2) is 5.42. The lowest BCUT2D eigenvalue weighted by atomic mass is 10.1. The third-order valence-corrected chi connectivity index (χ3v) is 2.90. The van der Waals surface area contributed by atoms with Crippen LogP contribution in [-0.2, 0) is 6.54 Å². The normalized spacial score (nSPS) is 10.8. The number of rotatable bonds is 4. The lowest BCUT2D eigenvalue weighted by Crippen LogP contribution is -2.15. The summed E-state index contributed by atoms with van der Waals surface area (Å²) in [6.45, 7) is 5.08. The zero-order chi connectivity index (χ0) is 11.4. The number of thiol groups is 1. The highest BCUT2D eigenvalue weighted by Crippen LogP contribution is 2.24. The van der Waals surface area contributed by atoms with Gasteiger partial charge < -0.3 is 4.74 Å². The van der Waals surface area contributed by atoms with Crippen LogP contribution in [0.1, 0.15) is 16.7 Å². The summed E-state index contributed by atoms with van der Waals surface area (Å²) in [6, 6.07) is 4.34. The monoisotopic (exact) mass is 225 g/mol. The van der Waals surface area contributed by atoms with Crippen molar-refractivity contribution in [3.05, 3.63) is 28.8 Å². The first-order valence-corrected chi connectivity index (χ1v) is 5.65. The van der Waals surface area contributed by atoms with Crippen LogP contribution in [0.4, 0.5) is 0 Å². The Morgan fingerprint density at radius 3 is 2.20 bits per heavy atom. The highest BCUT2D eigenvalue weighted by molar-refractivity contribution is 7.80. The molecule has 0 aliphatic carbocycles. The molecular weight excluding hydrogens is 206 g/mol. The fourth-order valence-corrected chi connectivity index (χ4v) is 1.91. The molecule has 0 fully saturated rings. The van der Waals surface area contributed by atoms with Gasteiger partial charge in [0.2, 0.25) is 0 Å². The Hall–Kier alpha value is -0.670. The van der Waals surface area contributed by atoms with Crippen molar-refractivity contribution in [2.75, 3.05) is 20.0 Å². The molecule has 3 heteroatoms. The van der Waals surface area contributed by atoms with Gasteiger partial charge in [-0.05, 0) is 37.6 Å². The molecule has 0 atom stereocenters. The van der Waals surface area contributed by atoms with Gasteiger partial charge in [0.15, 0.2) is 0 Å². The fraction of sp³-hybridized carbons (Fsp3) is 0.500. The minimum atomic E-state index is 0.768. The van der Waals surface area contributed by atoms with Crippen LogP contribution in [0.25, 0.3) is 0 Å². The predicted octanol–water partition coefficient (Wildman–Crippen LogP) is 2.63. The van der Waals surface area contributed by atoms with Gasteiger partial charge in [0.05, 0.1) is 7.11 Å². The molecule has 1 aromatic rings. The molecule has 0 radical (unpaired) electrons. The average Bonchev–Trinajstić information content (AvgIpc) is 2.17. The maximum absolute atomic E-state index is 5.33. The summed E-state index contributed by atoms with van der Waals surface area (Å²) >= 11 is 4.24. The van der Waals surface area contributed by atoms with Crippen molar-refractivity contribution < 1.29 is 4.74 Å². The summed E-state index contributed by atoms with van der Waals surface area (Å²) < 4.78 is 5.33. The molecule has 0 N–H and O–H groups in total. The quantitative estimate of drug-likeness (QED) is 0.625. The Labute approximate surface area is 97.6 Å². The molecule has 1 rings (SSSR count). The van der Waals surface area contributed by atoms with Crippen LogP contribution in [0.5, 0.6) is 5.75 Å². The lowest BCUT2D eigenvalue weighted by molar-refractivity contribution is 0.385. The van der Waals surface area contributed by atoms with Gasteiger partial charge in [-0.15, -0.1) is 0 Å². The Morgan fingerprint density at radius 1 is 1.27 bits per heavy atom. The minimum Gasteiger partial charge on any atom is -0.496 e. The van der Waals surface area contributed by atoms with Crippen LogP contribution in [0, 0.1) is 13.8 Å². The topological polar surface area (TPSA) is 12.5 Å². The Bertz CT molecular complexity index is 315. The number of benzene rings is 1. The van der Waals surface area contributed by atoms with Gasteiger partial charge in [-0.1, -0.05) is 12.1 Å². The number of methoxy groups -OCH3 is 1. The van der Waals surface area contributed by atoms with Crippen LogP contribution in [0.15, 0.2) is 12.1 Å². The maximum atomic E-state index is 5.33. The summed E-state index contributed by atoms with van der Waals surface area (Å²) in [5.74, 6) is 1.76. The van der Waals surface area contributed by atoms with Crippen molar-refractivity contribution in [1.29, 1.82) is 0 Å². The van der Waals surface area contributed by atoms with E-state index in [1.165, 1.54) is 16.7 Å². The second-order valence-corrected chi connectivity index (χ2v) is 4.20. The van der Waals surface area contributed by atoms with Gasteiger partial charge in [0.1, 0.15) is 5.75 Å². The Kier molecular flexibility index (Phi) is 4.48. The molecule has 0 spiro atoms. The van der Waals surface area contributed by atoms with Crippen molar-refractivity contribution in [2.45, 2.75) is 20.4 Å². The molecule has 84 valence electrons. The van der Waals surface area contributed by atoms with Crippen molar-refractivity contribution in [2.24, 2.45) is 0 Å². The molecule has 2 nitrogen and oxygen atoms in total. The minimum absolute atomic E-state index is 0.768. The van der Waals surface area contributed by atoms with Crippen molar-refractivity contribution in [3.63, 3.8) is 0 Å². The average molecular weight is 225 g/mol. The summed E-state index contributed by atoms with van der Waals surface area (Å²) in [5, 5.41) is 0. The fourth-order valence-electron chi connectivity index (χ4n) is 1.81. The highest BCUT2D eigenvalue weighted by Gasteiger charge is 2.06. The van der Waals surface area contributed by atoms with Crippen LogP contribution in [0.2, 0.25) is 0 Å². The lowest BCUT2D eigenvalue weighted by Gasteiger charge is -2.16. The number of hydrogen-bond donors (Lipinski definition) is 1. The first-order valence-electron chi connectivity index (χ1n) is 5.02. The summed E-state index contributed by atoms with van der Waals surface area (Å²) in [4.78, 5) is 2.16. The molecule has 15 heavy (non-hydrogen) atoms. The van der Waals surface area contributed by atoms with E-state index in [-0.39, 0.29) is 0 Å². The molecule has 0 heterocycles. The summed E-state index contributed by atoms with van der Waals surface area (Å²) in [7, 11) is 3.77. The molecule has 0 amide bonds. The molecular formula is C12H19NOS. The number of ether oxygens (including phenoxy) is 1. The predicted molar refractivity (Wildman–Crippen MR) is 67.8 cm³/mol. The molecule has 0 aromatic heterocycles. The van der Waals surface area contributed by atoms with E-state index in [0.717, 1.165) is 18.2 Å². The number of aryl methyl sites for hydroxylation is 2. The molecule has 1 aromatic carbocycles. The molecule has 0 bridgehead atoms. The first kappa shape index (κ1) is 12.4. The maximum Gasteiger partial charge on any atom is 0.124 e. The second-order valence-electron chi connectivity index (χ2n) is 3.92. The Balaban J connectivity index is 2.93. The van der Waals surface area contributed by atoms with E-state index in [9.17, 15) is 0 Å². The van der Waals surface area contributed by atoms with E-state index < -0.39 is 0 Å². The molecule has 0 aliphatic rings. The first-order chi connectivity index (χ1) is 7.08. The van der Waals surface area contributed by atoms with E-state index in [2.05, 4.69) is 50.6 Å². The van der Waals surface area contributed by atoms with E-state index >= 15 is 0 Å². The van der Waals surface area contributed by atoms with E-state index in [4.69, 9.17) is 4.74 Å². The standard InChI is InChI=1S/C12H19NOS/c1-9-5-11(7-13(3)8-15)6-10(2)12(9)14-4/h5-6,15H,7-8H2,1-4H3. The summed E-state index contributed by atoms with van der Waals surface area (Å²) in [5.41, 5.74) is 3.70. The molecule has 0 saturated heterocycles. The Morgan fingerprint density at radius 2 is 1.80 bits per heavy atom. The molecule has 0 unspecified atom stereocenters. The van der Waals surface area contributed by atoms with Crippen LogP contribution in [0.3, 0.4) is 0 Å². The van der Waals surface area contributed by atoms with Crippen molar-refractivity contribution in [3.8, 4) is 5.75 Å².